The third-order valence-corrected chi connectivity index (χ3v) is 7.85. The number of ether oxygens (including phenoxy) is 4. The topological polar surface area (TPSA) is 243 Å². The fraction of sp³-hybridized carbons (Fsp3) is 0.600. The maximum atomic E-state index is 12.9. The smallest absolute Gasteiger partial charge is 0.394 e. The SMILES string of the molecule is CO[C@@H]1[C@H](O)[C@@H](COP(=O)(O)O[C@H]2[C@@H](OC)[C@H](n3cc(Br)c(=O)[nH]c3=O)O[C@@H]2CO)O[C@H]1n1ccc(=O)[nH]c1=O. The fourth-order valence-corrected chi connectivity index (χ4v) is 5.70. The van der Waals surface area contributed by atoms with Crippen LogP contribution in [-0.4, -0.2) is 98.3 Å². The maximum absolute atomic E-state index is 12.9. The highest BCUT2D eigenvalue weighted by atomic mass is 79.9. The summed E-state index contributed by atoms with van der Waals surface area (Å²) in [7, 11) is -2.53. The Morgan fingerprint density at radius 1 is 1.00 bits per heavy atom. The molecule has 2 saturated heterocycles. The van der Waals surface area contributed by atoms with Crippen molar-refractivity contribution in [2.45, 2.75) is 49.1 Å². The molecule has 20 heteroatoms. The Kier molecular flexibility index (Phi) is 9.42. The Balaban J connectivity index is 1.48. The summed E-state index contributed by atoms with van der Waals surface area (Å²) in [6, 6.07) is 1.06. The van der Waals surface area contributed by atoms with Gasteiger partial charge in [-0.2, -0.15) is 0 Å². The molecule has 5 N–H and O–H groups in total. The van der Waals surface area contributed by atoms with Crippen LogP contribution in [0.15, 0.2) is 42.1 Å². The van der Waals surface area contributed by atoms with Crippen LogP contribution in [0.1, 0.15) is 12.5 Å². The third-order valence-electron chi connectivity index (χ3n) is 6.30. The first-order valence-corrected chi connectivity index (χ1v) is 13.8. The molecule has 9 atom stereocenters. The number of aromatic nitrogens is 4. The molecule has 0 bridgehead atoms. The summed E-state index contributed by atoms with van der Waals surface area (Å²) in [4.78, 5) is 62.2. The van der Waals surface area contributed by atoms with Crippen molar-refractivity contribution >= 4 is 23.8 Å². The molecule has 0 aliphatic carbocycles. The molecule has 4 heterocycles. The van der Waals surface area contributed by atoms with Crippen molar-refractivity contribution in [3.8, 4) is 0 Å². The summed E-state index contributed by atoms with van der Waals surface area (Å²) in [5.74, 6) is 0. The number of methoxy groups -OCH3 is 2. The average molecular weight is 657 g/mol. The van der Waals surface area contributed by atoms with Gasteiger partial charge in [0, 0.05) is 32.7 Å². The normalized spacial score (nSPS) is 31.9. The largest absolute Gasteiger partial charge is 0.472 e. The first kappa shape index (κ1) is 30.7. The average Bonchev–Trinajstić information content (AvgIpc) is 3.40. The van der Waals surface area contributed by atoms with Crippen LogP contribution < -0.4 is 22.5 Å². The predicted octanol–water partition coefficient (Wildman–Crippen LogP) is -2.47. The molecule has 1 unspecified atom stereocenters. The first-order chi connectivity index (χ1) is 18.9. The molecular formula is C20H26BrN4O14P. The molecule has 40 heavy (non-hydrogen) atoms. The number of hydrogen-bond acceptors (Lipinski definition) is 13. The van der Waals surface area contributed by atoms with Gasteiger partial charge in [0.25, 0.3) is 11.1 Å². The third kappa shape index (κ3) is 6.14. The van der Waals surface area contributed by atoms with Gasteiger partial charge in [-0.3, -0.25) is 37.7 Å². The van der Waals surface area contributed by atoms with Crippen LogP contribution in [0.5, 0.6) is 0 Å². The highest BCUT2D eigenvalue weighted by molar-refractivity contribution is 9.10. The van der Waals surface area contributed by atoms with Crippen molar-refractivity contribution < 1.29 is 47.7 Å². The van der Waals surface area contributed by atoms with Crippen LogP contribution in [0, 0.1) is 0 Å². The van der Waals surface area contributed by atoms with E-state index in [1.165, 1.54) is 14.2 Å². The van der Waals surface area contributed by atoms with Crippen LogP contribution in [0.3, 0.4) is 0 Å². The molecule has 0 spiro atoms. The number of phosphoric acid groups is 1. The number of rotatable bonds is 10. The van der Waals surface area contributed by atoms with Gasteiger partial charge >= 0.3 is 19.2 Å². The second kappa shape index (κ2) is 12.3. The zero-order chi connectivity index (χ0) is 29.4. The molecule has 2 aromatic rings. The number of aliphatic hydroxyl groups excluding tert-OH is 2. The van der Waals surface area contributed by atoms with Crippen LogP contribution >= 0.6 is 23.8 Å². The second-order valence-corrected chi connectivity index (χ2v) is 11.0. The van der Waals surface area contributed by atoms with E-state index in [-0.39, 0.29) is 4.47 Å². The van der Waals surface area contributed by atoms with Crippen molar-refractivity contribution in [3.05, 3.63) is 64.6 Å². The number of phosphoric ester groups is 1. The van der Waals surface area contributed by atoms with Gasteiger partial charge in [0.05, 0.1) is 17.7 Å². The molecule has 0 amide bonds. The van der Waals surface area contributed by atoms with Crippen LogP contribution in [0.2, 0.25) is 0 Å². The van der Waals surface area contributed by atoms with Gasteiger partial charge in [-0.05, 0) is 15.9 Å². The van der Waals surface area contributed by atoms with Gasteiger partial charge in [-0.1, -0.05) is 0 Å². The van der Waals surface area contributed by atoms with Gasteiger partial charge in [-0.25, -0.2) is 14.2 Å². The molecule has 0 aromatic carbocycles. The quantitative estimate of drug-likeness (QED) is 0.166. The molecule has 0 saturated carbocycles. The van der Waals surface area contributed by atoms with E-state index >= 15 is 0 Å². The van der Waals surface area contributed by atoms with E-state index in [1.54, 1.807) is 0 Å². The minimum absolute atomic E-state index is 0.0152. The summed E-state index contributed by atoms with van der Waals surface area (Å²) < 4.78 is 46.9. The summed E-state index contributed by atoms with van der Waals surface area (Å²) in [6.07, 6.45) is -8.02. The summed E-state index contributed by atoms with van der Waals surface area (Å²) in [5.41, 5.74) is -3.07. The summed E-state index contributed by atoms with van der Waals surface area (Å²) in [5, 5.41) is 20.4. The lowest BCUT2D eigenvalue weighted by Crippen LogP contribution is -2.40. The Morgan fingerprint density at radius 3 is 2.25 bits per heavy atom. The van der Waals surface area contributed by atoms with E-state index < -0.39 is 92.6 Å². The minimum Gasteiger partial charge on any atom is -0.394 e. The lowest BCUT2D eigenvalue weighted by atomic mass is 10.1. The summed E-state index contributed by atoms with van der Waals surface area (Å²) in [6.45, 7) is -1.43. The molecule has 0 radical (unpaired) electrons. The van der Waals surface area contributed by atoms with Gasteiger partial charge in [0.2, 0.25) is 0 Å². The highest BCUT2D eigenvalue weighted by Gasteiger charge is 2.51. The summed E-state index contributed by atoms with van der Waals surface area (Å²) >= 11 is 3.00. The van der Waals surface area contributed by atoms with Crippen molar-refractivity contribution in [1.82, 2.24) is 19.1 Å². The Hall–Kier alpha value is -2.29. The lowest BCUT2D eigenvalue weighted by Gasteiger charge is -2.25. The van der Waals surface area contributed by atoms with Crippen molar-refractivity contribution in [3.63, 3.8) is 0 Å². The molecule has 2 fully saturated rings. The zero-order valence-electron chi connectivity index (χ0n) is 20.8. The van der Waals surface area contributed by atoms with Gasteiger partial charge in [0.1, 0.15) is 36.6 Å². The molecule has 222 valence electrons. The van der Waals surface area contributed by atoms with E-state index in [1.807, 2.05) is 4.98 Å². The maximum Gasteiger partial charge on any atom is 0.472 e. The molecular weight excluding hydrogens is 631 g/mol. The second-order valence-electron chi connectivity index (χ2n) is 8.70. The Morgan fingerprint density at radius 2 is 1.62 bits per heavy atom. The number of nitrogens with one attached hydrogen (secondary N) is 2. The van der Waals surface area contributed by atoms with Crippen LogP contribution in [0.4, 0.5) is 0 Å². The minimum atomic E-state index is -4.98. The number of H-pyrrole nitrogens is 2. The standard InChI is InChI=1S/C20H26BrN4O14P/c1-34-14-12(28)10(38-17(14)24-4-3-11(27)22-19(24)30)7-36-40(32,33)39-13-9(6-26)37-18(15(13)35-2)25-5-8(21)16(29)23-20(25)31/h3-5,9-10,12-15,17-18,26,28H,6-7H2,1-2H3,(H,32,33)(H,22,27,30)(H,23,29,31)/t9-,10-,12-,13-,14-,15-,17-,18-/m1/s1. The first-order valence-electron chi connectivity index (χ1n) is 11.5. The number of aliphatic hydroxyl groups is 2. The molecule has 2 aliphatic heterocycles. The Bertz CT molecular complexity index is 1490. The molecule has 2 aromatic heterocycles. The van der Waals surface area contributed by atoms with E-state index in [0.29, 0.717) is 0 Å². The molecule has 18 nitrogen and oxygen atoms in total. The molecule has 4 rings (SSSR count). The number of halogens is 1. The zero-order valence-corrected chi connectivity index (χ0v) is 23.3. The number of nitrogens with zero attached hydrogens (tertiary/aromatic N) is 2. The molecule has 2 aliphatic rings. The number of aromatic amines is 2. The van der Waals surface area contributed by atoms with Gasteiger partial charge < -0.3 is 34.1 Å². The fourth-order valence-electron chi connectivity index (χ4n) is 4.42. The van der Waals surface area contributed by atoms with Crippen molar-refractivity contribution in [2.75, 3.05) is 27.4 Å². The van der Waals surface area contributed by atoms with E-state index in [9.17, 15) is 38.8 Å². The van der Waals surface area contributed by atoms with E-state index in [4.69, 9.17) is 28.0 Å². The van der Waals surface area contributed by atoms with Crippen LogP contribution in [-0.2, 0) is 32.6 Å². The van der Waals surface area contributed by atoms with E-state index in [2.05, 4.69) is 20.9 Å². The van der Waals surface area contributed by atoms with E-state index in [0.717, 1.165) is 27.6 Å². The van der Waals surface area contributed by atoms with Gasteiger partial charge in [-0.15, -0.1) is 0 Å². The number of hydrogen-bond donors (Lipinski definition) is 5. The van der Waals surface area contributed by atoms with Crippen LogP contribution in [0.25, 0.3) is 0 Å². The van der Waals surface area contributed by atoms with Crippen molar-refractivity contribution in [1.29, 1.82) is 0 Å². The Labute approximate surface area is 231 Å². The highest BCUT2D eigenvalue weighted by Crippen LogP contribution is 2.49. The predicted molar refractivity (Wildman–Crippen MR) is 134 cm³/mol. The monoisotopic (exact) mass is 656 g/mol. The lowest BCUT2D eigenvalue weighted by molar-refractivity contribution is -0.0661. The van der Waals surface area contributed by atoms with Crippen molar-refractivity contribution in [2.24, 2.45) is 0 Å². The van der Waals surface area contributed by atoms with Gasteiger partial charge in [0.15, 0.2) is 12.5 Å².